The lowest BCUT2D eigenvalue weighted by atomic mass is 10.2. The highest BCUT2D eigenvalue weighted by molar-refractivity contribution is 7.92. The summed E-state index contributed by atoms with van der Waals surface area (Å²) in [5.74, 6) is -0.561. The van der Waals surface area contributed by atoms with E-state index in [2.05, 4.69) is 9.88 Å². The van der Waals surface area contributed by atoms with E-state index in [0.29, 0.717) is 34.5 Å². The molecule has 1 heterocycles. The lowest BCUT2D eigenvalue weighted by Crippen LogP contribution is -2.41. The molecule has 0 atom stereocenters. The van der Waals surface area contributed by atoms with Gasteiger partial charge in [0.05, 0.1) is 16.7 Å². The number of anilines is 1. The zero-order valence-electron chi connectivity index (χ0n) is 19.6. The molecule has 0 radical (unpaired) electrons. The number of sulfone groups is 1. The summed E-state index contributed by atoms with van der Waals surface area (Å²) in [4.78, 5) is 21.7. The van der Waals surface area contributed by atoms with Crippen molar-refractivity contribution in [1.29, 1.82) is 0 Å². The predicted octanol–water partition coefficient (Wildman–Crippen LogP) is 4.84. The minimum atomic E-state index is -3.84. The van der Waals surface area contributed by atoms with E-state index in [-0.39, 0.29) is 17.3 Å². The predicted molar refractivity (Wildman–Crippen MR) is 142 cm³/mol. The van der Waals surface area contributed by atoms with Crippen LogP contribution in [0, 0.1) is 6.92 Å². The number of aromatic nitrogens is 1. The molecule has 0 spiro atoms. The van der Waals surface area contributed by atoms with Gasteiger partial charge in [0.15, 0.2) is 15.0 Å². The number of rotatable bonds is 10. The van der Waals surface area contributed by atoms with Crippen molar-refractivity contribution in [2.24, 2.45) is 0 Å². The van der Waals surface area contributed by atoms with Crippen LogP contribution in [-0.4, -0.2) is 63.3 Å². The van der Waals surface area contributed by atoms with Crippen LogP contribution in [0.15, 0.2) is 41.3 Å². The molecule has 7 nitrogen and oxygen atoms in total. The van der Waals surface area contributed by atoms with Gasteiger partial charge in [0, 0.05) is 18.1 Å². The summed E-state index contributed by atoms with van der Waals surface area (Å²) in [5, 5.41) is 0.890. The third kappa shape index (κ3) is 6.40. The molecule has 34 heavy (non-hydrogen) atoms. The highest BCUT2D eigenvalue weighted by atomic mass is 35.5. The monoisotopic (exact) mass is 545 g/mol. The van der Waals surface area contributed by atoms with Crippen LogP contribution < -0.4 is 9.64 Å². The maximum Gasteiger partial charge on any atom is 0.244 e. The average molecular weight is 547 g/mol. The summed E-state index contributed by atoms with van der Waals surface area (Å²) in [6.07, 6.45) is 0. The molecule has 0 saturated heterocycles. The van der Waals surface area contributed by atoms with Gasteiger partial charge in [-0.05, 0) is 55.9 Å². The van der Waals surface area contributed by atoms with Crippen molar-refractivity contribution in [3.8, 4) is 5.75 Å². The van der Waals surface area contributed by atoms with Gasteiger partial charge >= 0.3 is 0 Å². The molecule has 0 fully saturated rings. The molecule has 0 N–H and O–H groups in total. The fourth-order valence-corrected chi connectivity index (χ4v) is 5.87. The zero-order chi connectivity index (χ0) is 24.2. The largest absolute Gasteiger partial charge is 0.494 e. The Kier molecular flexibility index (Phi) is 10.1. The van der Waals surface area contributed by atoms with E-state index >= 15 is 0 Å². The van der Waals surface area contributed by atoms with Crippen LogP contribution in [0.4, 0.5) is 5.13 Å². The van der Waals surface area contributed by atoms with Crippen molar-refractivity contribution in [3.05, 3.63) is 47.0 Å². The number of carbonyl (C=O) groups is 1. The number of ether oxygens (including phenoxy) is 1. The Morgan fingerprint density at radius 3 is 2.32 bits per heavy atom. The van der Waals surface area contributed by atoms with Crippen LogP contribution in [-0.2, 0) is 14.6 Å². The molecule has 0 saturated carbocycles. The number of aryl methyl sites for hydroxylation is 1. The number of methoxy groups -OCH3 is 1. The quantitative estimate of drug-likeness (QED) is 0.362. The first-order valence-corrected chi connectivity index (χ1v) is 13.5. The molecule has 3 aromatic rings. The number of fused-ring (bicyclic) bond motifs is 1. The fourth-order valence-electron chi connectivity index (χ4n) is 3.45. The fraction of sp³-hybridized carbons (Fsp3) is 0.391. The molecule has 1 amide bonds. The van der Waals surface area contributed by atoms with Gasteiger partial charge in [-0.2, -0.15) is 0 Å². The lowest BCUT2D eigenvalue weighted by molar-refractivity contribution is -0.116. The number of nitrogens with zero attached hydrogens (tertiary/aromatic N) is 3. The SMILES string of the molecule is CCN(CC)CCN(C(=O)CS(=O)(=O)c1ccc(Cl)cc1)c1nc2c(OC)ccc(C)c2s1.Cl. The number of halogens is 2. The third-order valence-electron chi connectivity index (χ3n) is 5.46. The van der Waals surface area contributed by atoms with E-state index in [1.807, 2.05) is 32.9 Å². The number of hydrogen-bond acceptors (Lipinski definition) is 7. The molecule has 3 rings (SSSR count). The van der Waals surface area contributed by atoms with Crippen molar-refractivity contribution >= 4 is 66.4 Å². The Labute approximate surface area is 216 Å². The molecule has 0 bridgehead atoms. The standard InChI is InChI=1S/C23H28ClN3O4S2.ClH/c1-5-26(6-2)13-14-27(20(28)15-33(29,30)18-10-8-17(24)9-11-18)23-25-21-19(31-4)12-7-16(3)22(21)32-23;/h7-12H,5-6,13-15H2,1-4H3;1H. The van der Waals surface area contributed by atoms with Crippen LogP contribution in [0.5, 0.6) is 5.75 Å². The average Bonchev–Trinajstić information content (AvgIpc) is 3.23. The highest BCUT2D eigenvalue weighted by Crippen LogP contribution is 2.36. The Bertz CT molecular complexity index is 1230. The van der Waals surface area contributed by atoms with E-state index in [0.717, 1.165) is 23.4 Å². The summed E-state index contributed by atoms with van der Waals surface area (Å²) in [7, 11) is -2.27. The smallest absolute Gasteiger partial charge is 0.244 e. The maximum atomic E-state index is 13.3. The van der Waals surface area contributed by atoms with Crippen molar-refractivity contribution in [1.82, 2.24) is 9.88 Å². The maximum absolute atomic E-state index is 13.3. The van der Waals surface area contributed by atoms with Crippen molar-refractivity contribution in [3.63, 3.8) is 0 Å². The first-order valence-electron chi connectivity index (χ1n) is 10.6. The van der Waals surface area contributed by atoms with E-state index in [9.17, 15) is 13.2 Å². The van der Waals surface area contributed by atoms with E-state index in [1.165, 1.54) is 40.5 Å². The van der Waals surface area contributed by atoms with Gasteiger partial charge in [0.1, 0.15) is 17.0 Å². The topological polar surface area (TPSA) is 79.8 Å². The summed E-state index contributed by atoms with van der Waals surface area (Å²) >= 11 is 7.24. The van der Waals surface area contributed by atoms with Crippen LogP contribution in [0.25, 0.3) is 10.2 Å². The summed E-state index contributed by atoms with van der Waals surface area (Å²) < 4.78 is 32.2. The van der Waals surface area contributed by atoms with Gasteiger partial charge in [-0.3, -0.25) is 9.69 Å². The number of carbonyl (C=O) groups excluding carboxylic acids is 1. The van der Waals surface area contributed by atoms with Gasteiger partial charge in [-0.25, -0.2) is 13.4 Å². The number of hydrogen-bond donors (Lipinski definition) is 0. The number of thiazole rings is 1. The molecule has 11 heteroatoms. The molecule has 0 aliphatic carbocycles. The minimum absolute atomic E-state index is 0. The zero-order valence-corrected chi connectivity index (χ0v) is 22.8. The van der Waals surface area contributed by atoms with Gasteiger partial charge in [-0.1, -0.05) is 42.9 Å². The van der Waals surface area contributed by atoms with Crippen LogP contribution in [0.1, 0.15) is 19.4 Å². The number of amides is 1. The van der Waals surface area contributed by atoms with E-state index in [1.54, 1.807) is 7.11 Å². The Balaban J connectivity index is 0.00000408. The second-order valence-electron chi connectivity index (χ2n) is 7.54. The van der Waals surface area contributed by atoms with Crippen LogP contribution >= 0.6 is 35.3 Å². The van der Waals surface area contributed by atoms with Crippen molar-refractivity contribution in [2.75, 3.05) is 43.9 Å². The van der Waals surface area contributed by atoms with Crippen LogP contribution in [0.2, 0.25) is 5.02 Å². The molecule has 1 aromatic heterocycles. The van der Waals surface area contributed by atoms with E-state index < -0.39 is 21.5 Å². The molecule has 0 unspecified atom stereocenters. The Morgan fingerprint density at radius 2 is 1.74 bits per heavy atom. The second-order valence-corrected chi connectivity index (χ2v) is 10.9. The van der Waals surface area contributed by atoms with E-state index in [4.69, 9.17) is 16.3 Å². The molecular weight excluding hydrogens is 517 g/mol. The Morgan fingerprint density at radius 1 is 1.09 bits per heavy atom. The van der Waals surface area contributed by atoms with Gasteiger partial charge in [-0.15, -0.1) is 12.4 Å². The van der Waals surface area contributed by atoms with Crippen molar-refractivity contribution in [2.45, 2.75) is 25.7 Å². The first-order chi connectivity index (χ1) is 15.7. The van der Waals surface area contributed by atoms with Crippen LogP contribution in [0.3, 0.4) is 0 Å². The lowest BCUT2D eigenvalue weighted by Gasteiger charge is -2.24. The first kappa shape index (κ1) is 28.3. The van der Waals surface area contributed by atoms with Crippen molar-refractivity contribution < 1.29 is 17.9 Å². The second kappa shape index (κ2) is 12.2. The molecule has 186 valence electrons. The van der Waals surface area contributed by atoms with Gasteiger partial charge < -0.3 is 9.64 Å². The normalized spacial score (nSPS) is 11.5. The highest BCUT2D eigenvalue weighted by Gasteiger charge is 2.27. The van der Waals surface area contributed by atoms with Gasteiger partial charge in [0.25, 0.3) is 0 Å². The third-order valence-corrected chi connectivity index (χ3v) is 8.55. The molecule has 0 aliphatic rings. The molecule has 2 aromatic carbocycles. The number of likely N-dealkylation sites (N-methyl/N-ethyl adjacent to an activating group) is 1. The Hall–Kier alpha value is -1.91. The van der Waals surface area contributed by atoms with Gasteiger partial charge in [0.2, 0.25) is 5.91 Å². The summed E-state index contributed by atoms with van der Waals surface area (Å²) in [6.45, 7) is 8.66. The number of benzene rings is 2. The summed E-state index contributed by atoms with van der Waals surface area (Å²) in [6, 6.07) is 9.61. The summed E-state index contributed by atoms with van der Waals surface area (Å²) in [5.41, 5.74) is 1.68. The minimum Gasteiger partial charge on any atom is -0.494 e. The molecule has 0 aliphatic heterocycles. The molecular formula is C23H29Cl2N3O4S2.